The van der Waals surface area contributed by atoms with Crippen molar-refractivity contribution in [2.24, 2.45) is 0 Å². The van der Waals surface area contributed by atoms with E-state index in [2.05, 4.69) is 128 Å². The van der Waals surface area contributed by atoms with Crippen LogP contribution in [-0.4, -0.2) is 0 Å². The second kappa shape index (κ2) is 13.5. The van der Waals surface area contributed by atoms with Gasteiger partial charge in [-0.05, 0) is 0 Å². The number of rotatable bonds is 12. The fourth-order valence-electron chi connectivity index (χ4n) is 5.82. The zero-order valence-corrected chi connectivity index (χ0v) is 29.4. The van der Waals surface area contributed by atoms with Gasteiger partial charge in [0.15, 0.2) is 0 Å². The molecule has 0 atom stereocenters. The number of unbranched alkanes of at least 4 members (excludes halogenated alkanes) is 2. The van der Waals surface area contributed by atoms with Crippen LogP contribution in [0.5, 0.6) is 11.5 Å². The molecule has 2 aromatic carbocycles. The Kier molecular flexibility index (Phi) is 10.4. The van der Waals surface area contributed by atoms with E-state index >= 15 is 0 Å². The number of hydrogen-bond donors (Lipinski definition) is 0. The summed E-state index contributed by atoms with van der Waals surface area (Å²) < 4.78 is 17.8. The van der Waals surface area contributed by atoms with Gasteiger partial charge in [0.1, 0.15) is 0 Å². The summed E-state index contributed by atoms with van der Waals surface area (Å²) >= 11 is -4.22. The summed E-state index contributed by atoms with van der Waals surface area (Å²) in [5.74, 6) is 1.87. The third-order valence-corrected chi connectivity index (χ3v) is 17.5. The van der Waals surface area contributed by atoms with Gasteiger partial charge in [-0.25, -0.2) is 0 Å². The van der Waals surface area contributed by atoms with Crippen molar-refractivity contribution in [1.82, 2.24) is 0 Å². The van der Waals surface area contributed by atoms with Crippen LogP contribution in [0, 0.1) is 0 Å². The van der Waals surface area contributed by atoms with Crippen LogP contribution >= 0.6 is 0 Å². The third-order valence-electron chi connectivity index (χ3n) is 8.42. The molecule has 220 valence electrons. The van der Waals surface area contributed by atoms with Crippen molar-refractivity contribution in [3.63, 3.8) is 0 Å². The summed E-state index contributed by atoms with van der Waals surface area (Å²) in [6.07, 6.45) is 18.2. The van der Waals surface area contributed by atoms with E-state index in [9.17, 15) is 0 Å². The van der Waals surface area contributed by atoms with Crippen LogP contribution in [0.25, 0.3) is 0 Å². The maximum atomic E-state index is 7.45. The molecule has 2 aromatic rings. The Morgan fingerprint density at radius 2 is 0.951 bits per heavy atom. The van der Waals surface area contributed by atoms with Crippen molar-refractivity contribution < 1.29 is 26.8 Å². The van der Waals surface area contributed by atoms with Gasteiger partial charge in [-0.3, -0.25) is 0 Å². The van der Waals surface area contributed by atoms with Crippen LogP contribution in [0.4, 0.5) is 0 Å². The first-order chi connectivity index (χ1) is 19.5. The molecule has 3 heteroatoms. The van der Waals surface area contributed by atoms with Crippen molar-refractivity contribution in [1.29, 1.82) is 0 Å². The molecule has 0 fully saturated rings. The van der Waals surface area contributed by atoms with Gasteiger partial charge in [0, 0.05) is 0 Å². The zero-order valence-electron chi connectivity index (χ0n) is 26.9. The van der Waals surface area contributed by atoms with E-state index < -0.39 is 21.1 Å². The Morgan fingerprint density at radius 1 is 0.585 bits per heavy atom. The molecule has 0 saturated heterocycles. The summed E-state index contributed by atoms with van der Waals surface area (Å²) in [6.45, 7) is 18.1. The third kappa shape index (κ3) is 7.64. The summed E-state index contributed by atoms with van der Waals surface area (Å²) in [7, 11) is 0. The molecule has 0 unspecified atom stereocenters. The first-order valence-electron chi connectivity index (χ1n) is 15.8. The van der Waals surface area contributed by atoms with Crippen LogP contribution < -0.4 is 5.63 Å². The summed E-state index contributed by atoms with van der Waals surface area (Å²) in [6, 6.07) is 17.7. The van der Waals surface area contributed by atoms with Gasteiger partial charge in [0.2, 0.25) is 0 Å². The Morgan fingerprint density at radius 3 is 1.27 bits per heavy atom. The fourth-order valence-corrected chi connectivity index (χ4v) is 15.3. The standard InChI is InChI=1S/2C10H14O.2C9H13.Zr/c2*1-10(2,3)8-4-6-9(11)7-5-8;2*1-2-3-6-9-7-4-5-8-9;/h2*4-7,11H,1-3H3;2*4,7H,2-3,5-6H2,1H3;/q;;;;+2/p-2. The molecule has 0 saturated carbocycles. The molecule has 4 rings (SSSR count). The number of hydrogen-bond acceptors (Lipinski definition) is 2. The molecule has 0 aliphatic heterocycles. The van der Waals surface area contributed by atoms with Gasteiger partial charge in [-0.1, -0.05) is 0 Å². The summed E-state index contributed by atoms with van der Waals surface area (Å²) in [5.41, 5.74) is 5.74. The van der Waals surface area contributed by atoms with Gasteiger partial charge in [0.25, 0.3) is 0 Å². The van der Waals surface area contributed by atoms with Crippen LogP contribution in [-0.2, 0) is 32.0 Å². The molecule has 2 aliphatic carbocycles. The van der Waals surface area contributed by atoms with E-state index in [1.165, 1.54) is 54.5 Å². The molecular weight excluding hydrogens is 580 g/mol. The van der Waals surface area contributed by atoms with E-state index in [0.29, 0.717) is 0 Å². The van der Waals surface area contributed by atoms with Crippen LogP contribution in [0.2, 0.25) is 0 Å². The Bertz CT molecular complexity index is 1190. The molecule has 0 N–H and O–H groups in total. The second-order valence-electron chi connectivity index (χ2n) is 13.8. The van der Waals surface area contributed by atoms with Crippen molar-refractivity contribution in [2.75, 3.05) is 0 Å². The molecular formula is C38H52O2Zr. The first kappa shape index (κ1) is 31.8. The molecule has 0 spiro atoms. The minimum absolute atomic E-state index is 0.0979. The molecule has 41 heavy (non-hydrogen) atoms. The molecule has 0 bridgehead atoms. The summed E-state index contributed by atoms with van der Waals surface area (Å²) in [4.78, 5) is 0. The van der Waals surface area contributed by atoms with E-state index in [-0.39, 0.29) is 10.8 Å². The van der Waals surface area contributed by atoms with Gasteiger partial charge in [-0.2, -0.15) is 0 Å². The predicted molar refractivity (Wildman–Crippen MR) is 172 cm³/mol. The molecule has 0 amide bonds. The monoisotopic (exact) mass is 630 g/mol. The number of benzene rings is 2. The topological polar surface area (TPSA) is 18.5 Å². The average molecular weight is 632 g/mol. The van der Waals surface area contributed by atoms with Crippen molar-refractivity contribution in [3.8, 4) is 11.5 Å². The van der Waals surface area contributed by atoms with Crippen LogP contribution in [0.15, 0.2) is 90.5 Å². The fraction of sp³-hybridized carbons (Fsp3) is 0.474. The van der Waals surface area contributed by atoms with Gasteiger partial charge in [0.05, 0.1) is 0 Å². The van der Waals surface area contributed by atoms with E-state index in [0.717, 1.165) is 37.2 Å². The van der Waals surface area contributed by atoms with E-state index in [1.54, 1.807) is 0 Å². The van der Waals surface area contributed by atoms with Crippen molar-refractivity contribution >= 4 is 0 Å². The average Bonchev–Trinajstić information content (AvgIpc) is 3.60. The molecule has 0 heterocycles. The maximum absolute atomic E-state index is 7.45. The van der Waals surface area contributed by atoms with Crippen molar-refractivity contribution in [3.05, 3.63) is 102 Å². The van der Waals surface area contributed by atoms with Crippen LogP contribution in [0.3, 0.4) is 0 Å². The normalized spacial score (nSPS) is 15.8. The van der Waals surface area contributed by atoms with Crippen molar-refractivity contribution in [2.45, 2.75) is 118 Å². The quantitative estimate of drug-likeness (QED) is 0.232. The molecule has 0 radical (unpaired) electrons. The van der Waals surface area contributed by atoms with Gasteiger partial charge in [-0.15, -0.1) is 0 Å². The second-order valence-corrected chi connectivity index (χ2v) is 20.8. The first-order valence-corrected chi connectivity index (χ1v) is 20.3. The molecule has 0 aromatic heterocycles. The van der Waals surface area contributed by atoms with E-state index in [4.69, 9.17) is 5.63 Å². The van der Waals surface area contributed by atoms with Gasteiger partial charge < -0.3 is 0 Å². The Hall–Kier alpha value is -2.12. The molecule has 2 nitrogen and oxygen atoms in total. The number of allylic oxidation sites excluding steroid dienone is 8. The Balaban J connectivity index is 1.89. The summed E-state index contributed by atoms with van der Waals surface area (Å²) in [5, 5.41) is 0. The Labute approximate surface area is 256 Å². The SMILES string of the molecule is CCCCC1=[C]([Zr]([O]c2ccc(C(C)(C)C)cc2)([O]c2ccc(C(C)(C)C)cc2)[C]2=C(CCCC)C=CC2)CC=C1. The zero-order chi connectivity index (χ0) is 29.7. The minimum atomic E-state index is -4.22. The van der Waals surface area contributed by atoms with E-state index in [1.807, 2.05) is 0 Å². The van der Waals surface area contributed by atoms with Gasteiger partial charge >= 0.3 is 258 Å². The van der Waals surface area contributed by atoms with Crippen LogP contribution in [0.1, 0.15) is 118 Å². The predicted octanol–water partition coefficient (Wildman–Crippen LogP) is 11.5. The molecule has 2 aliphatic rings.